The second-order valence-electron chi connectivity index (χ2n) is 5.17. The van der Waals surface area contributed by atoms with Crippen molar-refractivity contribution in [1.82, 2.24) is 5.32 Å². The summed E-state index contributed by atoms with van der Waals surface area (Å²) >= 11 is 5.60. The summed E-state index contributed by atoms with van der Waals surface area (Å²) < 4.78 is 5.66. The van der Waals surface area contributed by atoms with E-state index in [-0.39, 0.29) is 18.1 Å². The highest BCUT2D eigenvalue weighted by atomic mass is 35.5. The maximum absolute atomic E-state index is 11.8. The van der Waals surface area contributed by atoms with E-state index < -0.39 is 0 Å². The van der Waals surface area contributed by atoms with Crippen molar-refractivity contribution in [3.8, 4) is 5.75 Å². The first-order valence-electron chi connectivity index (χ1n) is 7.15. The van der Waals surface area contributed by atoms with Crippen LogP contribution >= 0.6 is 11.6 Å². The van der Waals surface area contributed by atoms with Gasteiger partial charge in [-0.2, -0.15) is 0 Å². The predicted molar refractivity (Wildman–Crippen MR) is 83.3 cm³/mol. The Morgan fingerprint density at radius 3 is 2.70 bits per heavy atom. The van der Waals surface area contributed by atoms with Crippen LogP contribution in [-0.2, 0) is 4.79 Å². The third-order valence-corrected chi connectivity index (χ3v) is 3.16. The molecule has 20 heavy (non-hydrogen) atoms. The molecule has 0 aromatic heterocycles. The Kier molecular flexibility index (Phi) is 7.45. The molecule has 0 aliphatic heterocycles. The van der Waals surface area contributed by atoms with Crippen molar-refractivity contribution in [2.24, 2.45) is 0 Å². The van der Waals surface area contributed by atoms with E-state index in [1.807, 2.05) is 45.0 Å². The largest absolute Gasteiger partial charge is 0.491 e. The summed E-state index contributed by atoms with van der Waals surface area (Å²) in [5, 5.41) is 3.00. The minimum atomic E-state index is -0.0192. The number of ether oxygens (including phenoxy) is 1. The summed E-state index contributed by atoms with van der Waals surface area (Å²) in [4.78, 5) is 11.8. The number of halogens is 1. The van der Waals surface area contributed by atoms with E-state index in [2.05, 4.69) is 5.32 Å². The summed E-state index contributed by atoms with van der Waals surface area (Å²) in [6.07, 6.45) is 2.38. The third-order valence-electron chi connectivity index (χ3n) is 2.89. The molecule has 1 aromatic carbocycles. The van der Waals surface area contributed by atoms with Crippen LogP contribution in [0.4, 0.5) is 0 Å². The van der Waals surface area contributed by atoms with Crippen LogP contribution < -0.4 is 10.1 Å². The maximum Gasteiger partial charge on any atom is 0.220 e. The monoisotopic (exact) mass is 297 g/mol. The first-order chi connectivity index (χ1) is 9.52. The van der Waals surface area contributed by atoms with Gasteiger partial charge in [-0.15, -0.1) is 11.6 Å². The van der Waals surface area contributed by atoms with E-state index in [0.717, 1.165) is 24.2 Å². The molecule has 0 fully saturated rings. The van der Waals surface area contributed by atoms with Crippen molar-refractivity contribution < 1.29 is 9.53 Å². The summed E-state index contributed by atoms with van der Waals surface area (Å²) in [7, 11) is 0. The van der Waals surface area contributed by atoms with E-state index >= 15 is 0 Å². The number of unbranched alkanes of at least 4 members (excludes halogenated alkanes) is 1. The predicted octanol–water partition coefficient (Wildman–Crippen LogP) is 4.06. The molecule has 0 aliphatic rings. The Bertz CT molecular complexity index is 421. The Balaban J connectivity index is 2.54. The van der Waals surface area contributed by atoms with Gasteiger partial charge in [0.25, 0.3) is 0 Å². The quantitative estimate of drug-likeness (QED) is 0.580. The fourth-order valence-electron chi connectivity index (χ4n) is 1.91. The Hall–Kier alpha value is -1.22. The van der Waals surface area contributed by atoms with E-state index in [1.54, 1.807) is 0 Å². The van der Waals surface area contributed by atoms with Gasteiger partial charge in [-0.3, -0.25) is 4.79 Å². The zero-order valence-electron chi connectivity index (χ0n) is 12.5. The molecule has 0 aliphatic carbocycles. The standard InChI is InChI=1S/C16H24ClNO2/c1-12(2)20-15-8-6-7-14(11-15)13(3)18-16(19)9-4-5-10-17/h6-8,11-13H,4-5,9-10H2,1-3H3,(H,18,19). The molecule has 3 nitrogen and oxygen atoms in total. The zero-order chi connectivity index (χ0) is 15.0. The second-order valence-corrected chi connectivity index (χ2v) is 5.55. The van der Waals surface area contributed by atoms with Gasteiger partial charge in [0.2, 0.25) is 5.91 Å². The molecular weight excluding hydrogens is 274 g/mol. The molecule has 1 N–H and O–H groups in total. The first-order valence-corrected chi connectivity index (χ1v) is 7.68. The summed E-state index contributed by atoms with van der Waals surface area (Å²) in [6.45, 7) is 5.97. The van der Waals surface area contributed by atoms with Crippen molar-refractivity contribution in [3.63, 3.8) is 0 Å². The molecule has 0 saturated heterocycles. The molecular formula is C16H24ClNO2. The summed E-state index contributed by atoms with van der Waals surface area (Å²) in [5.41, 5.74) is 1.05. The van der Waals surface area contributed by atoms with Crippen LogP contribution in [0.2, 0.25) is 0 Å². The number of benzene rings is 1. The average molecular weight is 298 g/mol. The number of carbonyl (C=O) groups excluding carboxylic acids is 1. The van der Waals surface area contributed by atoms with Crippen LogP contribution in [0, 0.1) is 0 Å². The highest BCUT2D eigenvalue weighted by molar-refractivity contribution is 6.17. The molecule has 1 aromatic rings. The van der Waals surface area contributed by atoms with Crippen LogP contribution in [0.5, 0.6) is 5.75 Å². The Morgan fingerprint density at radius 1 is 1.30 bits per heavy atom. The number of amides is 1. The minimum absolute atomic E-state index is 0.0192. The van der Waals surface area contributed by atoms with E-state index in [1.165, 1.54) is 0 Å². The van der Waals surface area contributed by atoms with Crippen molar-refractivity contribution in [1.29, 1.82) is 0 Å². The number of rotatable bonds is 8. The lowest BCUT2D eigenvalue weighted by Crippen LogP contribution is -2.26. The van der Waals surface area contributed by atoms with Gasteiger partial charge in [-0.1, -0.05) is 12.1 Å². The van der Waals surface area contributed by atoms with Crippen LogP contribution in [0.15, 0.2) is 24.3 Å². The van der Waals surface area contributed by atoms with E-state index in [0.29, 0.717) is 12.3 Å². The average Bonchev–Trinajstić information content (AvgIpc) is 2.38. The van der Waals surface area contributed by atoms with Crippen LogP contribution in [0.25, 0.3) is 0 Å². The number of carbonyl (C=O) groups is 1. The molecule has 1 atom stereocenters. The highest BCUT2D eigenvalue weighted by Crippen LogP contribution is 2.20. The summed E-state index contributed by atoms with van der Waals surface area (Å²) in [6, 6.07) is 7.83. The van der Waals surface area contributed by atoms with Gasteiger partial charge in [-0.25, -0.2) is 0 Å². The lowest BCUT2D eigenvalue weighted by molar-refractivity contribution is -0.121. The molecule has 1 rings (SSSR count). The summed E-state index contributed by atoms with van der Waals surface area (Å²) in [5.74, 6) is 1.51. The van der Waals surface area contributed by atoms with Crippen LogP contribution in [0.1, 0.15) is 51.6 Å². The fourth-order valence-corrected chi connectivity index (χ4v) is 2.10. The van der Waals surface area contributed by atoms with Crippen molar-refractivity contribution in [2.75, 3.05) is 5.88 Å². The molecule has 1 amide bonds. The van der Waals surface area contributed by atoms with E-state index in [9.17, 15) is 4.79 Å². The molecule has 1 unspecified atom stereocenters. The third kappa shape index (κ3) is 6.29. The molecule has 0 spiro atoms. The highest BCUT2D eigenvalue weighted by Gasteiger charge is 2.10. The number of hydrogen-bond acceptors (Lipinski definition) is 2. The fraction of sp³-hybridized carbons (Fsp3) is 0.562. The molecule has 0 bridgehead atoms. The van der Waals surface area contributed by atoms with Crippen molar-refractivity contribution in [2.45, 2.75) is 52.2 Å². The normalized spacial score (nSPS) is 12.2. The number of nitrogens with one attached hydrogen (secondary N) is 1. The van der Waals surface area contributed by atoms with Crippen LogP contribution in [0.3, 0.4) is 0 Å². The molecule has 0 saturated carbocycles. The lowest BCUT2D eigenvalue weighted by Gasteiger charge is -2.16. The van der Waals surface area contributed by atoms with E-state index in [4.69, 9.17) is 16.3 Å². The van der Waals surface area contributed by atoms with Gasteiger partial charge in [0.15, 0.2) is 0 Å². The van der Waals surface area contributed by atoms with Crippen LogP contribution in [-0.4, -0.2) is 17.9 Å². The Morgan fingerprint density at radius 2 is 2.05 bits per heavy atom. The number of alkyl halides is 1. The van der Waals surface area contributed by atoms with Gasteiger partial charge in [0.1, 0.15) is 5.75 Å². The number of hydrogen-bond donors (Lipinski definition) is 1. The molecule has 4 heteroatoms. The Labute approximate surface area is 126 Å². The van der Waals surface area contributed by atoms with Gasteiger partial charge in [0.05, 0.1) is 12.1 Å². The molecule has 112 valence electrons. The SMILES string of the molecule is CC(C)Oc1cccc(C(C)NC(=O)CCCCCl)c1. The first kappa shape index (κ1) is 16.8. The van der Waals surface area contributed by atoms with Gasteiger partial charge < -0.3 is 10.1 Å². The topological polar surface area (TPSA) is 38.3 Å². The molecule has 0 radical (unpaired) electrons. The smallest absolute Gasteiger partial charge is 0.220 e. The minimum Gasteiger partial charge on any atom is -0.491 e. The molecule has 0 heterocycles. The second kappa shape index (κ2) is 8.85. The maximum atomic E-state index is 11.8. The van der Waals surface area contributed by atoms with Gasteiger partial charge in [-0.05, 0) is 51.3 Å². The van der Waals surface area contributed by atoms with Crippen molar-refractivity contribution >= 4 is 17.5 Å². The van der Waals surface area contributed by atoms with Gasteiger partial charge >= 0.3 is 0 Å². The lowest BCUT2D eigenvalue weighted by atomic mass is 10.1. The zero-order valence-corrected chi connectivity index (χ0v) is 13.2. The van der Waals surface area contributed by atoms with Crippen molar-refractivity contribution in [3.05, 3.63) is 29.8 Å². The van der Waals surface area contributed by atoms with Gasteiger partial charge in [0, 0.05) is 12.3 Å².